The first-order valence-corrected chi connectivity index (χ1v) is 7.61. The molecule has 1 heterocycles. The molecule has 1 aromatic heterocycles. The maximum atomic E-state index is 12.2. The van der Waals surface area contributed by atoms with Crippen LogP contribution in [0.15, 0.2) is 30.3 Å². The van der Waals surface area contributed by atoms with Crippen molar-refractivity contribution in [2.75, 3.05) is 0 Å². The first kappa shape index (κ1) is 16.4. The molecule has 1 amide bonds. The number of carbonyl (C=O) groups is 1. The van der Waals surface area contributed by atoms with E-state index in [0.717, 1.165) is 10.4 Å². The molecule has 22 heavy (non-hydrogen) atoms. The first-order chi connectivity index (χ1) is 10.4. The predicted octanol–water partition coefficient (Wildman–Crippen LogP) is 4.46. The monoisotopic (exact) mass is 325 g/mol. The summed E-state index contributed by atoms with van der Waals surface area (Å²) in [5, 5.41) is 2.86. The minimum Gasteiger partial charge on any atom is -0.435 e. The Morgan fingerprint density at radius 1 is 1.27 bits per heavy atom. The average molecular weight is 325 g/mol. The van der Waals surface area contributed by atoms with Crippen molar-refractivity contribution < 1.29 is 18.3 Å². The Bertz CT molecular complexity index is 650. The molecule has 0 aliphatic carbocycles. The van der Waals surface area contributed by atoms with Crippen molar-refractivity contribution in [3.63, 3.8) is 0 Å². The highest BCUT2D eigenvalue weighted by atomic mass is 32.1. The molecule has 2 aromatic rings. The molecule has 1 atom stereocenters. The number of nitrogens with one attached hydrogen (secondary N) is 1. The number of amides is 1. The molecular formula is C16H17F2NO2S. The summed E-state index contributed by atoms with van der Waals surface area (Å²) in [6, 6.07) is 7.87. The summed E-state index contributed by atoms with van der Waals surface area (Å²) in [5.41, 5.74) is 1.78. The van der Waals surface area contributed by atoms with Gasteiger partial charge in [-0.05, 0) is 50.1 Å². The zero-order valence-corrected chi connectivity index (χ0v) is 13.3. The van der Waals surface area contributed by atoms with Gasteiger partial charge in [-0.3, -0.25) is 4.79 Å². The maximum absolute atomic E-state index is 12.2. The molecule has 0 saturated heterocycles. The van der Waals surface area contributed by atoms with Crippen molar-refractivity contribution >= 4 is 17.2 Å². The summed E-state index contributed by atoms with van der Waals surface area (Å²) in [5.74, 6) is -0.0923. The van der Waals surface area contributed by atoms with Crippen LogP contribution in [0, 0.1) is 13.8 Å². The van der Waals surface area contributed by atoms with Gasteiger partial charge in [0.25, 0.3) is 5.91 Å². The number of halogens is 2. The number of rotatable bonds is 5. The Labute approximate surface area is 131 Å². The van der Waals surface area contributed by atoms with Gasteiger partial charge < -0.3 is 10.1 Å². The average Bonchev–Trinajstić information content (AvgIpc) is 2.78. The van der Waals surface area contributed by atoms with Crippen molar-refractivity contribution in [3.05, 3.63) is 51.2 Å². The highest BCUT2D eigenvalue weighted by molar-refractivity contribution is 7.14. The standard InChI is InChI=1S/C16H17F2NO2S/c1-9-7-14(22-11(9)3)15(20)19-10(2)12-5-4-6-13(8-12)21-16(17)18/h4-8,10,16H,1-3H3,(H,19,20)/t10-/m1/s1. The fourth-order valence-corrected chi connectivity index (χ4v) is 2.93. The van der Waals surface area contributed by atoms with Gasteiger partial charge in [0, 0.05) is 4.88 Å². The van der Waals surface area contributed by atoms with Crippen molar-refractivity contribution in [2.45, 2.75) is 33.4 Å². The molecule has 0 spiro atoms. The maximum Gasteiger partial charge on any atom is 0.387 e. The lowest BCUT2D eigenvalue weighted by molar-refractivity contribution is -0.0499. The topological polar surface area (TPSA) is 38.3 Å². The van der Waals surface area contributed by atoms with E-state index >= 15 is 0 Å². The highest BCUT2D eigenvalue weighted by Gasteiger charge is 2.15. The Hall–Kier alpha value is -1.95. The van der Waals surface area contributed by atoms with E-state index in [0.29, 0.717) is 10.4 Å². The number of hydrogen-bond donors (Lipinski definition) is 1. The number of carbonyl (C=O) groups excluding carboxylic acids is 1. The Morgan fingerprint density at radius 2 is 2.00 bits per heavy atom. The van der Waals surface area contributed by atoms with Gasteiger partial charge in [0.1, 0.15) is 5.75 Å². The third-order valence-electron chi connectivity index (χ3n) is 3.32. The van der Waals surface area contributed by atoms with Crippen LogP contribution in [0.3, 0.4) is 0 Å². The lowest BCUT2D eigenvalue weighted by Gasteiger charge is -2.15. The second-order valence-corrected chi connectivity index (χ2v) is 6.25. The molecule has 6 heteroatoms. The van der Waals surface area contributed by atoms with Crippen LogP contribution in [0.2, 0.25) is 0 Å². The quantitative estimate of drug-likeness (QED) is 0.881. The van der Waals surface area contributed by atoms with Gasteiger partial charge in [-0.15, -0.1) is 11.3 Å². The van der Waals surface area contributed by atoms with Gasteiger partial charge in [0.15, 0.2) is 0 Å². The second-order valence-electron chi connectivity index (χ2n) is 5.00. The third kappa shape index (κ3) is 4.04. The Morgan fingerprint density at radius 3 is 2.59 bits per heavy atom. The van der Waals surface area contributed by atoms with Crippen molar-refractivity contribution in [1.29, 1.82) is 0 Å². The number of aryl methyl sites for hydroxylation is 2. The number of benzene rings is 1. The van der Waals surface area contributed by atoms with E-state index in [1.54, 1.807) is 19.1 Å². The largest absolute Gasteiger partial charge is 0.435 e. The van der Waals surface area contributed by atoms with E-state index < -0.39 is 6.61 Å². The van der Waals surface area contributed by atoms with E-state index in [-0.39, 0.29) is 17.7 Å². The van der Waals surface area contributed by atoms with Gasteiger partial charge in [-0.1, -0.05) is 12.1 Å². The molecule has 2 rings (SSSR count). The van der Waals surface area contributed by atoms with Crippen LogP contribution >= 0.6 is 11.3 Å². The fraction of sp³-hybridized carbons (Fsp3) is 0.312. The number of thiophene rings is 1. The molecule has 0 aliphatic rings. The van der Waals surface area contributed by atoms with E-state index in [2.05, 4.69) is 10.1 Å². The van der Waals surface area contributed by atoms with Gasteiger partial charge in [0.2, 0.25) is 0 Å². The SMILES string of the molecule is Cc1cc(C(=O)N[C@H](C)c2cccc(OC(F)F)c2)sc1C. The van der Waals surface area contributed by atoms with Crippen LogP contribution in [-0.4, -0.2) is 12.5 Å². The summed E-state index contributed by atoms with van der Waals surface area (Å²) in [6.45, 7) is 2.85. The lowest BCUT2D eigenvalue weighted by Crippen LogP contribution is -2.25. The Balaban J connectivity index is 2.08. The molecule has 1 N–H and O–H groups in total. The van der Waals surface area contributed by atoms with E-state index in [1.165, 1.54) is 23.5 Å². The van der Waals surface area contributed by atoms with Gasteiger partial charge in [-0.2, -0.15) is 8.78 Å². The van der Waals surface area contributed by atoms with Gasteiger partial charge >= 0.3 is 6.61 Å². The number of alkyl halides is 2. The zero-order chi connectivity index (χ0) is 16.3. The molecule has 0 fully saturated rings. The van der Waals surface area contributed by atoms with E-state index in [4.69, 9.17) is 0 Å². The summed E-state index contributed by atoms with van der Waals surface area (Å²) < 4.78 is 28.8. The van der Waals surface area contributed by atoms with Crippen LogP contribution in [0.1, 0.15) is 38.6 Å². The molecule has 3 nitrogen and oxygen atoms in total. The molecule has 0 bridgehead atoms. The van der Waals surface area contributed by atoms with Crippen LogP contribution in [0.25, 0.3) is 0 Å². The predicted molar refractivity (Wildman–Crippen MR) is 82.7 cm³/mol. The summed E-state index contributed by atoms with van der Waals surface area (Å²) >= 11 is 1.44. The molecule has 0 unspecified atom stereocenters. The third-order valence-corrected chi connectivity index (χ3v) is 4.47. The van der Waals surface area contributed by atoms with Crippen molar-refractivity contribution in [2.24, 2.45) is 0 Å². The normalized spacial score (nSPS) is 12.3. The zero-order valence-electron chi connectivity index (χ0n) is 12.5. The molecule has 0 radical (unpaired) electrons. The number of hydrogen-bond acceptors (Lipinski definition) is 3. The van der Waals surface area contributed by atoms with Crippen LogP contribution in [0.5, 0.6) is 5.75 Å². The van der Waals surface area contributed by atoms with Gasteiger partial charge in [-0.25, -0.2) is 0 Å². The second kappa shape index (κ2) is 6.87. The Kier molecular flexibility index (Phi) is 5.13. The summed E-state index contributed by atoms with van der Waals surface area (Å²) in [4.78, 5) is 13.9. The fourth-order valence-electron chi connectivity index (χ4n) is 2.00. The lowest BCUT2D eigenvalue weighted by atomic mass is 10.1. The highest BCUT2D eigenvalue weighted by Crippen LogP contribution is 2.23. The van der Waals surface area contributed by atoms with E-state index in [9.17, 15) is 13.6 Å². The van der Waals surface area contributed by atoms with Crippen molar-refractivity contribution in [3.8, 4) is 5.75 Å². The summed E-state index contributed by atoms with van der Waals surface area (Å²) in [6.07, 6.45) is 0. The van der Waals surface area contributed by atoms with Crippen LogP contribution < -0.4 is 10.1 Å². The van der Waals surface area contributed by atoms with E-state index in [1.807, 2.05) is 19.9 Å². The minimum atomic E-state index is -2.86. The smallest absolute Gasteiger partial charge is 0.387 e. The van der Waals surface area contributed by atoms with Crippen LogP contribution in [-0.2, 0) is 0 Å². The van der Waals surface area contributed by atoms with Crippen LogP contribution in [0.4, 0.5) is 8.78 Å². The molecule has 0 saturated carbocycles. The molecule has 0 aliphatic heterocycles. The van der Waals surface area contributed by atoms with Crippen molar-refractivity contribution in [1.82, 2.24) is 5.32 Å². The molecule has 1 aromatic carbocycles. The summed E-state index contributed by atoms with van der Waals surface area (Å²) in [7, 11) is 0. The first-order valence-electron chi connectivity index (χ1n) is 6.79. The minimum absolute atomic E-state index is 0.0800. The number of ether oxygens (including phenoxy) is 1. The van der Waals surface area contributed by atoms with Gasteiger partial charge in [0.05, 0.1) is 10.9 Å². The molecular weight excluding hydrogens is 308 g/mol. The molecule has 118 valence electrons.